The predicted octanol–water partition coefficient (Wildman–Crippen LogP) is 5.90. The lowest BCUT2D eigenvalue weighted by molar-refractivity contribution is -0.113. The molecule has 186 valence electrons. The molecule has 0 saturated heterocycles. The zero-order valence-corrected chi connectivity index (χ0v) is 21.8. The zero-order chi connectivity index (χ0) is 25.5. The normalized spacial score (nSPS) is 10.8. The Balaban J connectivity index is 1.52. The topological polar surface area (TPSA) is 78.3 Å². The molecule has 0 radical (unpaired) electrons. The van der Waals surface area contributed by atoms with Crippen LogP contribution in [0.2, 0.25) is 0 Å². The lowest BCUT2D eigenvalue weighted by Crippen LogP contribution is -2.15. The molecule has 36 heavy (non-hydrogen) atoms. The van der Waals surface area contributed by atoms with E-state index < -0.39 is 0 Å². The Morgan fingerprint density at radius 3 is 2.25 bits per heavy atom. The quantitative estimate of drug-likeness (QED) is 0.272. The predicted molar refractivity (Wildman–Crippen MR) is 143 cm³/mol. The van der Waals surface area contributed by atoms with Crippen molar-refractivity contribution in [3.63, 3.8) is 0 Å². The number of amides is 1. The molecule has 8 heteroatoms. The Kier molecular flexibility index (Phi) is 8.28. The summed E-state index contributed by atoms with van der Waals surface area (Å²) in [6, 6.07) is 21.5. The van der Waals surface area contributed by atoms with E-state index in [0.29, 0.717) is 17.6 Å². The molecule has 1 aromatic heterocycles. The van der Waals surface area contributed by atoms with Crippen LogP contribution < -0.4 is 14.8 Å². The van der Waals surface area contributed by atoms with E-state index in [1.54, 1.807) is 0 Å². The summed E-state index contributed by atoms with van der Waals surface area (Å²) in [5.74, 6) is 2.27. The highest BCUT2D eigenvalue weighted by molar-refractivity contribution is 7.99. The molecule has 0 unspecified atom stereocenters. The van der Waals surface area contributed by atoms with Crippen molar-refractivity contribution in [2.45, 2.75) is 39.5 Å². The van der Waals surface area contributed by atoms with Crippen LogP contribution in [0.25, 0.3) is 5.69 Å². The number of benzene rings is 3. The summed E-state index contributed by atoms with van der Waals surface area (Å²) in [6.45, 7) is 8.83. The van der Waals surface area contributed by atoms with Crippen LogP contribution in [0.4, 0.5) is 5.69 Å². The maximum absolute atomic E-state index is 12.7. The number of thioether (sulfide) groups is 1. The Labute approximate surface area is 215 Å². The van der Waals surface area contributed by atoms with E-state index >= 15 is 0 Å². The van der Waals surface area contributed by atoms with Crippen molar-refractivity contribution in [3.05, 3.63) is 89.2 Å². The van der Waals surface area contributed by atoms with Gasteiger partial charge in [-0.1, -0.05) is 47.2 Å². The van der Waals surface area contributed by atoms with Crippen molar-refractivity contribution in [2.75, 3.05) is 17.7 Å². The van der Waals surface area contributed by atoms with Gasteiger partial charge in [-0.05, 0) is 75.7 Å². The van der Waals surface area contributed by atoms with Crippen molar-refractivity contribution in [3.8, 4) is 17.2 Å². The molecule has 1 amide bonds. The minimum atomic E-state index is -0.106. The second-order valence-electron chi connectivity index (χ2n) is 8.42. The largest absolute Gasteiger partial charge is 0.494 e. The monoisotopic (exact) mass is 502 g/mol. The molecule has 0 aliphatic carbocycles. The van der Waals surface area contributed by atoms with Crippen molar-refractivity contribution >= 4 is 23.4 Å². The Morgan fingerprint density at radius 2 is 1.56 bits per heavy atom. The zero-order valence-electron chi connectivity index (χ0n) is 20.9. The van der Waals surface area contributed by atoms with Gasteiger partial charge in [0.15, 0.2) is 11.0 Å². The molecule has 1 N–H and O–H groups in total. The fourth-order valence-corrected chi connectivity index (χ4v) is 4.43. The first-order valence-corrected chi connectivity index (χ1v) is 12.8. The molecule has 0 bridgehead atoms. The highest BCUT2D eigenvalue weighted by Crippen LogP contribution is 2.25. The molecule has 4 aromatic rings. The van der Waals surface area contributed by atoms with Gasteiger partial charge >= 0.3 is 0 Å². The fourth-order valence-electron chi connectivity index (χ4n) is 3.66. The highest BCUT2D eigenvalue weighted by Gasteiger charge is 2.17. The molecule has 1 heterocycles. The smallest absolute Gasteiger partial charge is 0.234 e. The van der Waals surface area contributed by atoms with E-state index in [4.69, 9.17) is 9.47 Å². The van der Waals surface area contributed by atoms with E-state index in [1.165, 1.54) is 11.8 Å². The SMILES string of the molecule is CCOc1ccc(-n2c(COc3ccc(C)cc3)nnc2SCC(=O)Nc2ccc(C)cc2C)cc1. The summed E-state index contributed by atoms with van der Waals surface area (Å²) in [5.41, 5.74) is 5.03. The number of hydrogen-bond acceptors (Lipinski definition) is 6. The maximum atomic E-state index is 12.7. The van der Waals surface area contributed by atoms with Gasteiger partial charge in [0.1, 0.15) is 18.1 Å². The van der Waals surface area contributed by atoms with Crippen LogP contribution >= 0.6 is 11.8 Å². The third kappa shape index (κ3) is 6.46. The Bertz CT molecular complexity index is 1320. The number of anilines is 1. The van der Waals surface area contributed by atoms with Gasteiger partial charge in [-0.15, -0.1) is 10.2 Å². The molecular formula is C28H30N4O3S. The number of nitrogens with one attached hydrogen (secondary N) is 1. The number of carbonyl (C=O) groups is 1. The van der Waals surface area contributed by atoms with Crippen LogP contribution in [0, 0.1) is 20.8 Å². The van der Waals surface area contributed by atoms with Crippen molar-refractivity contribution in [2.24, 2.45) is 0 Å². The van der Waals surface area contributed by atoms with Gasteiger partial charge in [-0.25, -0.2) is 0 Å². The van der Waals surface area contributed by atoms with Crippen LogP contribution in [-0.2, 0) is 11.4 Å². The lowest BCUT2D eigenvalue weighted by Gasteiger charge is -2.13. The van der Waals surface area contributed by atoms with Crippen LogP contribution in [0.5, 0.6) is 11.5 Å². The molecule has 0 aliphatic rings. The molecule has 0 aliphatic heterocycles. The average Bonchev–Trinajstić information content (AvgIpc) is 3.27. The van der Waals surface area contributed by atoms with Crippen molar-refractivity contribution in [1.29, 1.82) is 0 Å². The Morgan fingerprint density at radius 1 is 0.889 bits per heavy atom. The highest BCUT2D eigenvalue weighted by atomic mass is 32.2. The van der Waals surface area contributed by atoms with E-state index in [0.717, 1.165) is 39.6 Å². The first kappa shape index (κ1) is 25.3. The van der Waals surface area contributed by atoms with Crippen molar-refractivity contribution in [1.82, 2.24) is 14.8 Å². The van der Waals surface area contributed by atoms with Crippen LogP contribution in [-0.4, -0.2) is 33.0 Å². The number of aromatic nitrogens is 3. The number of ether oxygens (including phenoxy) is 2. The number of carbonyl (C=O) groups excluding carboxylic acids is 1. The molecule has 0 saturated carbocycles. The van der Waals surface area contributed by atoms with Gasteiger partial charge in [-0.2, -0.15) is 0 Å². The molecule has 3 aromatic carbocycles. The third-order valence-electron chi connectivity index (χ3n) is 5.48. The van der Waals surface area contributed by atoms with E-state index in [9.17, 15) is 4.79 Å². The van der Waals surface area contributed by atoms with Gasteiger partial charge < -0.3 is 14.8 Å². The summed E-state index contributed by atoms with van der Waals surface area (Å²) < 4.78 is 13.5. The Hall–Kier alpha value is -3.78. The van der Waals surface area contributed by atoms with Gasteiger partial charge in [0.2, 0.25) is 5.91 Å². The third-order valence-corrected chi connectivity index (χ3v) is 6.41. The fraction of sp³-hybridized carbons (Fsp3) is 0.250. The van der Waals surface area contributed by atoms with Gasteiger partial charge in [-0.3, -0.25) is 9.36 Å². The van der Waals surface area contributed by atoms with Crippen molar-refractivity contribution < 1.29 is 14.3 Å². The van der Waals surface area contributed by atoms with Crippen LogP contribution in [0.3, 0.4) is 0 Å². The average molecular weight is 503 g/mol. The van der Waals surface area contributed by atoms with Gasteiger partial charge in [0, 0.05) is 11.4 Å². The molecular weight excluding hydrogens is 472 g/mol. The van der Waals surface area contributed by atoms with Crippen LogP contribution in [0.15, 0.2) is 71.9 Å². The maximum Gasteiger partial charge on any atom is 0.234 e. The number of nitrogens with zero attached hydrogens (tertiary/aromatic N) is 3. The minimum Gasteiger partial charge on any atom is -0.494 e. The summed E-state index contributed by atoms with van der Waals surface area (Å²) in [6.07, 6.45) is 0. The summed E-state index contributed by atoms with van der Waals surface area (Å²) in [7, 11) is 0. The minimum absolute atomic E-state index is 0.106. The van der Waals surface area contributed by atoms with E-state index in [1.807, 2.05) is 99.0 Å². The molecule has 7 nitrogen and oxygen atoms in total. The van der Waals surface area contributed by atoms with E-state index in [2.05, 4.69) is 15.5 Å². The first-order chi connectivity index (χ1) is 17.4. The molecule has 0 fully saturated rings. The number of hydrogen-bond donors (Lipinski definition) is 1. The molecule has 0 atom stereocenters. The molecule has 4 rings (SSSR count). The first-order valence-electron chi connectivity index (χ1n) is 11.8. The van der Waals surface area contributed by atoms with E-state index in [-0.39, 0.29) is 18.3 Å². The van der Waals surface area contributed by atoms with Gasteiger partial charge in [0.25, 0.3) is 0 Å². The summed E-state index contributed by atoms with van der Waals surface area (Å²) >= 11 is 1.33. The van der Waals surface area contributed by atoms with Gasteiger partial charge in [0.05, 0.1) is 12.4 Å². The molecule has 0 spiro atoms. The summed E-state index contributed by atoms with van der Waals surface area (Å²) in [4.78, 5) is 12.7. The second kappa shape index (κ2) is 11.8. The number of rotatable bonds is 10. The lowest BCUT2D eigenvalue weighted by atomic mass is 10.1. The second-order valence-corrected chi connectivity index (χ2v) is 9.36. The summed E-state index contributed by atoms with van der Waals surface area (Å²) in [5, 5.41) is 12.3. The standard InChI is InChI=1S/C28H30N4O3S/c1-5-34-23-13-9-22(10-14-23)32-26(17-35-24-11-6-19(2)7-12-24)30-31-28(32)36-18-27(33)29-25-15-8-20(3)16-21(25)4/h6-16H,5,17-18H2,1-4H3,(H,29,33). The van der Waals surface area contributed by atoms with Crippen LogP contribution in [0.1, 0.15) is 29.4 Å². The number of aryl methyl sites for hydroxylation is 3.